The number of benzene rings is 2. The van der Waals surface area contributed by atoms with E-state index in [9.17, 15) is 4.79 Å². The van der Waals surface area contributed by atoms with E-state index in [0.717, 1.165) is 68.9 Å². The van der Waals surface area contributed by atoms with E-state index in [1.54, 1.807) is 6.20 Å². The van der Waals surface area contributed by atoms with E-state index in [1.807, 2.05) is 43.3 Å². The van der Waals surface area contributed by atoms with Gasteiger partial charge in [0.05, 0.1) is 10.9 Å². The zero-order valence-corrected chi connectivity index (χ0v) is 26.7. The average molecular weight is 645 g/mol. The molecule has 0 radical (unpaired) electrons. The Morgan fingerprint density at radius 3 is 2.72 bits per heavy atom. The number of piperazine rings is 1. The molecule has 1 N–H and O–H groups in total. The number of carbonyl (C=O) groups excluding carboxylic acids is 1. The fourth-order valence-electron chi connectivity index (χ4n) is 8.26. The van der Waals surface area contributed by atoms with Gasteiger partial charge < -0.3 is 19.7 Å². The summed E-state index contributed by atoms with van der Waals surface area (Å²) in [6.07, 6.45) is 8.20. The Balaban J connectivity index is 1.17. The Kier molecular flexibility index (Phi) is 7.69. The van der Waals surface area contributed by atoms with Crippen LogP contribution in [-0.4, -0.2) is 82.3 Å². The summed E-state index contributed by atoms with van der Waals surface area (Å²) in [6, 6.07) is 12.4. The van der Waals surface area contributed by atoms with Crippen LogP contribution in [0.5, 0.6) is 6.01 Å². The molecule has 2 aromatic heterocycles. The van der Waals surface area contributed by atoms with Gasteiger partial charge in [-0.15, -0.1) is 0 Å². The first kappa shape index (κ1) is 29.8. The molecule has 4 aliphatic heterocycles. The zero-order chi connectivity index (χ0) is 31.4. The van der Waals surface area contributed by atoms with E-state index in [2.05, 4.69) is 20.1 Å². The minimum absolute atomic E-state index is 0.169. The van der Waals surface area contributed by atoms with Crippen LogP contribution in [0.25, 0.3) is 32.9 Å². The highest BCUT2D eigenvalue weighted by atomic mass is 35.5. The van der Waals surface area contributed by atoms with E-state index >= 15 is 4.39 Å². The maximum absolute atomic E-state index is 16.8. The second-order valence-electron chi connectivity index (χ2n) is 13.2. The molecule has 0 spiro atoms. The van der Waals surface area contributed by atoms with Gasteiger partial charge in [0.2, 0.25) is 0 Å². The van der Waals surface area contributed by atoms with Gasteiger partial charge in [0.1, 0.15) is 30.2 Å². The normalized spacial score (nSPS) is 25.8. The number of halogens is 2. The quantitative estimate of drug-likeness (QED) is 0.235. The summed E-state index contributed by atoms with van der Waals surface area (Å²) in [7, 11) is 0. The van der Waals surface area contributed by atoms with Gasteiger partial charge in [-0.05, 0) is 56.5 Å². The summed E-state index contributed by atoms with van der Waals surface area (Å²) in [4.78, 5) is 30.9. The second kappa shape index (κ2) is 11.9. The van der Waals surface area contributed by atoms with Crippen LogP contribution in [0.3, 0.4) is 0 Å². The lowest BCUT2D eigenvalue weighted by Gasteiger charge is -2.35. The minimum atomic E-state index is -0.518. The van der Waals surface area contributed by atoms with Crippen molar-refractivity contribution < 1.29 is 18.7 Å². The summed E-state index contributed by atoms with van der Waals surface area (Å²) in [6.45, 7) is 5.09. The zero-order valence-electron chi connectivity index (χ0n) is 26.0. The molecule has 0 saturated carbocycles. The van der Waals surface area contributed by atoms with Gasteiger partial charge in [-0.2, -0.15) is 9.97 Å². The van der Waals surface area contributed by atoms with Crippen molar-refractivity contribution in [2.24, 2.45) is 0 Å². The molecule has 2 aromatic carbocycles. The van der Waals surface area contributed by atoms with Gasteiger partial charge >= 0.3 is 12.0 Å². The first-order valence-electron chi connectivity index (χ1n) is 16.5. The fraction of sp³-hybridized carbons (Fsp3) is 0.486. The molecule has 0 aliphatic carbocycles. The predicted molar refractivity (Wildman–Crippen MR) is 176 cm³/mol. The van der Waals surface area contributed by atoms with Crippen molar-refractivity contribution in [3.8, 4) is 17.3 Å². The van der Waals surface area contributed by atoms with E-state index in [-0.39, 0.29) is 34.8 Å². The number of aromatic nitrogens is 3. The van der Waals surface area contributed by atoms with Gasteiger partial charge in [0.15, 0.2) is 5.82 Å². The molecule has 4 aliphatic rings. The average Bonchev–Trinajstić information content (AvgIpc) is 3.75. The first-order chi connectivity index (χ1) is 22.4. The van der Waals surface area contributed by atoms with E-state index < -0.39 is 5.82 Å². The number of nitrogens with zero attached hydrogens (tertiary/aromatic N) is 5. The van der Waals surface area contributed by atoms with Gasteiger partial charge in [-0.3, -0.25) is 14.7 Å². The number of anilines is 1. The number of rotatable bonds is 8. The van der Waals surface area contributed by atoms with Crippen LogP contribution in [0.1, 0.15) is 51.9 Å². The largest absolute Gasteiger partial charge is 0.464 e. The van der Waals surface area contributed by atoms with Crippen molar-refractivity contribution >= 4 is 45.1 Å². The fourth-order valence-corrected chi connectivity index (χ4v) is 8.54. The number of fused-ring (bicyclic) bond motifs is 5. The molecule has 9 nitrogen and oxygen atoms in total. The van der Waals surface area contributed by atoms with Crippen molar-refractivity contribution in [3.05, 3.63) is 53.4 Å². The summed E-state index contributed by atoms with van der Waals surface area (Å²) in [5.74, 6) is -0.0345. The lowest BCUT2D eigenvalue weighted by atomic mass is 9.95. The predicted octanol–water partition coefficient (Wildman–Crippen LogP) is 5.91. The van der Waals surface area contributed by atoms with Crippen molar-refractivity contribution in [3.63, 3.8) is 0 Å². The van der Waals surface area contributed by atoms with Crippen LogP contribution in [0.15, 0.2) is 42.6 Å². The van der Waals surface area contributed by atoms with Gasteiger partial charge in [-0.25, -0.2) is 4.39 Å². The van der Waals surface area contributed by atoms with Crippen LogP contribution in [0, 0.1) is 5.82 Å². The van der Waals surface area contributed by atoms with Crippen molar-refractivity contribution in [1.82, 2.24) is 25.2 Å². The lowest BCUT2D eigenvalue weighted by molar-refractivity contribution is -0.145. The standard InChI is InChI=1S/C35H38ClFN6O3/c1-2-28(44)45-19-24-12-14-35(13-5-15-43(24)35)20-46-34-40-32-26(33(41-34)42-17-22-10-11-23(18-42)39-22)16-38-31(30(32)37)25-8-3-6-21-7-4-9-27(36)29(21)25/h3-4,6-9,16,22-24,39H,2,5,10-15,17-20H2,1H3/t22?,23?,24-,35-/m1/s1. The van der Waals surface area contributed by atoms with Crippen molar-refractivity contribution in [2.75, 3.05) is 37.7 Å². The molecule has 11 heteroatoms. The van der Waals surface area contributed by atoms with Gasteiger partial charge in [0, 0.05) is 59.8 Å². The molecular weight excluding hydrogens is 607 g/mol. The monoisotopic (exact) mass is 644 g/mol. The molecule has 2 bridgehead atoms. The van der Waals surface area contributed by atoms with Crippen molar-refractivity contribution in [1.29, 1.82) is 0 Å². The summed E-state index contributed by atoms with van der Waals surface area (Å²) < 4.78 is 28.8. The number of hydrogen-bond acceptors (Lipinski definition) is 9. The highest BCUT2D eigenvalue weighted by Gasteiger charge is 2.50. The van der Waals surface area contributed by atoms with Crippen LogP contribution >= 0.6 is 11.6 Å². The molecule has 4 atom stereocenters. The molecule has 4 aromatic rings. The third-order valence-corrected chi connectivity index (χ3v) is 10.8. The Morgan fingerprint density at radius 2 is 1.91 bits per heavy atom. The number of hydrogen-bond donors (Lipinski definition) is 1. The van der Waals surface area contributed by atoms with E-state index in [1.165, 1.54) is 0 Å². The van der Waals surface area contributed by atoms with Crippen LogP contribution in [0.4, 0.5) is 10.2 Å². The molecule has 46 heavy (non-hydrogen) atoms. The molecule has 4 saturated heterocycles. The molecular formula is C35H38ClFN6O3. The third-order valence-electron chi connectivity index (χ3n) is 10.5. The Labute approximate surface area is 272 Å². The van der Waals surface area contributed by atoms with E-state index in [0.29, 0.717) is 53.5 Å². The first-order valence-corrected chi connectivity index (χ1v) is 16.9. The maximum atomic E-state index is 16.8. The van der Waals surface area contributed by atoms with Crippen LogP contribution in [0.2, 0.25) is 5.02 Å². The summed E-state index contributed by atoms with van der Waals surface area (Å²) >= 11 is 6.63. The Bertz CT molecular complexity index is 1810. The third kappa shape index (κ3) is 5.15. The topological polar surface area (TPSA) is 92.7 Å². The summed E-state index contributed by atoms with van der Waals surface area (Å²) in [5.41, 5.74) is 0.823. The summed E-state index contributed by atoms with van der Waals surface area (Å²) in [5, 5.41) is 6.45. The number of nitrogens with one attached hydrogen (secondary N) is 1. The number of ether oxygens (including phenoxy) is 2. The van der Waals surface area contributed by atoms with Crippen molar-refractivity contribution in [2.45, 2.75) is 75.5 Å². The molecule has 6 heterocycles. The number of pyridine rings is 1. The number of carbonyl (C=O) groups is 1. The Hall–Kier alpha value is -3.60. The maximum Gasteiger partial charge on any atom is 0.319 e. The van der Waals surface area contributed by atoms with Crippen LogP contribution < -0.4 is 15.0 Å². The van der Waals surface area contributed by atoms with E-state index in [4.69, 9.17) is 31.0 Å². The lowest BCUT2D eigenvalue weighted by Crippen LogP contribution is -2.51. The minimum Gasteiger partial charge on any atom is -0.464 e. The van der Waals surface area contributed by atoms with Crippen LogP contribution in [-0.2, 0) is 9.53 Å². The number of esters is 1. The highest BCUT2D eigenvalue weighted by Crippen LogP contribution is 2.43. The molecule has 4 fully saturated rings. The van der Waals surface area contributed by atoms with Gasteiger partial charge in [0.25, 0.3) is 0 Å². The highest BCUT2D eigenvalue weighted by molar-refractivity contribution is 6.36. The molecule has 240 valence electrons. The smallest absolute Gasteiger partial charge is 0.319 e. The van der Waals surface area contributed by atoms with Gasteiger partial charge in [-0.1, -0.05) is 48.9 Å². The Morgan fingerprint density at radius 1 is 1.11 bits per heavy atom. The SMILES string of the molecule is CCC(=O)OC[C@H]1CC[C@@]2(COc3nc(N4CC5CCC(C4)N5)c4cnc(-c5cccc6cccc(Cl)c56)c(F)c4n3)CCCN12. The molecule has 2 unspecified atom stereocenters. The second-order valence-corrected chi connectivity index (χ2v) is 13.6. The molecule has 8 rings (SSSR count). The molecule has 0 amide bonds.